The Morgan fingerprint density at radius 3 is 2.65 bits per heavy atom. The van der Waals surface area contributed by atoms with E-state index in [0.717, 1.165) is 38.9 Å². The number of ether oxygens (including phenoxy) is 1. The van der Waals surface area contributed by atoms with Crippen molar-refractivity contribution in [2.75, 3.05) is 26.2 Å². The Kier molecular flexibility index (Phi) is 5.56. The maximum absolute atomic E-state index is 10.1. The fourth-order valence-electron chi connectivity index (χ4n) is 2.44. The van der Waals surface area contributed by atoms with Crippen molar-refractivity contribution in [2.24, 2.45) is 0 Å². The van der Waals surface area contributed by atoms with Crippen molar-refractivity contribution in [1.82, 2.24) is 4.90 Å². The normalized spacial score (nSPS) is 24.4. The second kappa shape index (κ2) is 6.99. The summed E-state index contributed by atoms with van der Waals surface area (Å²) in [5.74, 6) is 0.553. The van der Waals surface area contributed by atoms with E-state index < -0.39 is 5.60 Å². The molecule has 3 nitrogen and oxygen atoms in total. The molecule has 0 bridgehead atoms. The van der Waals surface area contributed by atoms with E-state index in [0.29, 0.717) is 22.4 Å². The van der Waals surface area contributed by atoms with E-state index in [1.54, 1.807) is 18.2 Å². The Morgan fingerprint density at radius 1 is 1.25 bits per heavy atom. The third-order valence-electron chi connectivity index (χ3n) is 3.73. The molecule has 0 spiro atoms. The Morgan fingerprint density at radius 2 is 1.95 bits per heavy atom. The standard InChI is InChI=1S/C15H21Cl2NO2/c1-15(19)6-3-8-18(9-7-15)10-11-20-14-12(16)4-2-5-13(14)17/h2,4-5,19H,3,6-11H2,1H3. The molecule has 1 saturated heterocycles. The molecule has 0 aromatic heterocycles. The van der Waals surface area contributed by atoms with Crippen LogP contribution < -0.4 is 4.74 Å². The van der Waals surface area contributed by atoms with Gasteiger partial charge in [0.25, 0.3) is 0 Å². The van der Waals surface area contributed by atoms with Crippen LogP contribution in [0.25, 0.3) is 0 Å². The molecule has 1 N–H and O–H groups in total. The molecule has 1 fully saturated rings. The van der Waals surface area contributed by atoms with E-state index in [1.807, 2.05) is 6.92 Å². The Hall–Kier alpha value is -0.480. The highest BCUT2D eigenvalue weighted by Crippen LogP contribution is 2.32. The van der Waals surface area contributed by atoms with E-state index >= 15 is 0 Å². The zero-order valence-electron chi connectivity index (χ0n) is 11.7. The molecular formula is C15H21Cl2NO2. The van der Waals surface area contributed by atoms with Gasteiger partial charge in [-0.3, -0.25) is 4.90 Å². The molecule has 0 saturated carbocycles. The molecule has 0 amide bonds. The Balaban J connectivity index is 1.81. The van der Waals surface area contributed by atoms with Crippen molar-refractivity contribution < 1.29 is 9.84 Å². The third-order valence-corrected chi connectivity index (χ3v) is 4.32. The van der Waals surface area contributed by atoms with Crippen molar-refractivity contribution >= 4 is 23.2 Å². The summed E-state index contributed by atoms with van der Waals surface area (Å²) in [7, 11) is 0. The molecular weight excluding hydrogens is 297 g/mol. The summed E-state index contributed by atoms with van der Waals surface area (Å²) in [4.78, 5) is 2.31. The van der Waals surface area contributed by atoms with Gasteiger partial charge in [0.15, 0.2) is 5.75 Å². The lowest BCUT2D eigenvalue weighted by Crippen LogP contribution is -2.31. The number of para-hydroxylation sites is 1. The second-order valence-electron chi connectivity index (χ2n) is 5.59. The van der Waals surface area contributed by atoms with Gasteiger partial charge in [0.1, 0.15) is 6.61 Å². The van der Waals surface area contributed by atoms with Gasteiger partial charge in [-0.15, -0.1) is 0 Å². The molecule has 1 aromatic rings. The highest BCUT2D eigenvalue weighted by Gasteiger charge is 2.24. The van der Waals surface area contributed by atoms with Crippen molar-refractivity contribution in [3.63, 3.8) is 0 Å². The van der Waals surface area contributed by atoms with Crippen LogP contribution in [0.15, 0.2) is 18.2 Å². The Bertz CT molecular complexity index is 431. The quantitative estimate of drug-likeness (QED) is 0.920. The largest absolute Gasteiger partial charge is 0.489 e. The lowest BCUT2D eigenvalue weighted by atomic mass is 9.98. The number of likely N-dealkylation sites (tertiary alicyclic amines) is 1. The molecule has 2 rings (SSSR count). The van der Waals surface area contributed by atoms with Gasteiger partial charge in [0.05, 0.1) is 15.6 Å². The SMILES string of the molecule is CC1(O)CCCN(CCOc2c(Cl)cccc2Cl)CC1. The summed E-state index contributed by atoms with van der Waals surface area (Å²) >= 11 is 12.1. The highest BCUT2D eigenvalue weighted by atomic mass is 35.5. The minimum Gasteiger partial charge on any atom is -0.489 e. The van der Waals surface area contributed by atoms with Crippen LogP contribution in [-0.2, 0) is 0 Å². The number of halogens is 2. The average Bonchev–Trinajstić information content (AvgIpc) is 2.54. The van der Waals surface area contributed by atoms with Crippen LogP contribution in [0, 0.1) is 0 Å². The zero-order valence-corrected chi connectivity index (χ0v) is 13.3. The summed E-state index contributed by atoms with van der Waals surface area (Å²) in [6, 6.07) is 5.34. The van der Waals surface area contributed by atoms with Gasteiger partial charge in [0.2, 0.25) is 0 Å². The first-order valence-corrected chi connectivity index (χ1v) is 7.75. The van der Waals surface area contributed by atoms with Gasteiger partial charge in [-0.05, 0) is 44.9 Å². The van der Waals surface area contributed by atoms with E-state index in [9.17, 15) is 5.11 Å². The third kappa shape index (κ3) is 4.52. The van der Waals surface area contributed by atoms with E-state index in [4.69, 9.17) is 27.9 Å². The first-order valence-electron chi connectivity index (χ1n) is 6.99. The maximum Gasteiger partial charge on any atom is 0.156 e. The van der Waals surface area contributed by atoms with Crippen molar-refractivity contribution in [2.45, 2.75) is 31.8 Å². The summed E-state index contributed by atoms with van der Waals surface area (Å²) in [5.41, 5.74) is -0.526. The highest BCUT2D eigenvalue weighted by molar-refractivity contribution is 6.37. The Labute approximate surface area is 130 Å². The molecule has 0 radical (unpaired) electrons. The number of hydrogen-bond acceptors (Lipinski definition) is 3. The average molecular weight is 318 g/mol. The lowest BCUT2D eigenvalue weighted by Gasteiger charge is -2.22. The number of hydrogen-bond donors (Lipinski definition) is 1. The smallest absolute Gasteiger partial charge is 0.156 e. The predicted molar refractivity (Wildman–Crippen MR) is 82.9 cm³/mol. The summed E-state index contributed by atoms with van der Waals surface area (Å²) in [6.45, 7) is 5.17. The van der Waals surface area contributed by atoms with Gasteiger partial charge in [-0.1, -0.05) is 29.3 Å². The zero-order chi connectivity index (χ0) is 14.6. The fraction of sp³-hybridized carbons (Fsp3) is 0.600. The van der Waals surface area contributed by atoms with Gasteiger partial charge in [0, 0.05) is 13.1 Å². The summed E-state index contributed by atoms with van der Waals surface area (Å²) in [6.07, 6.45) is 2.68. The van der Waals surface area contributed by atoms with Gasteiger partial charge in [-0.25, -0.2) is 0 Å². The van der Waals surface area contributed by atoms with Gasteiger partial charge >= 0.3 is 0 Å². The van der Waals surface area contributed by atoms with Crippen LogP contribution in [0.5, 0.6) is 5.75 Å². The predicted octanol–water partition coefficient (Wildman–Crippen LogP) is 3.61. The van der Waals surface area contributed by atoms with E-state index in [-0.39, 0.29) is 0 Å². The molecule has 112 valence electrons. The minimum atomic E-state index is -0.526. The summed E-state index contributed by atoms with van der Waals surface area (Å²) in [5, 5.41) is 11.1. The molecule has 0 aliphatic carbocycles. The van der Waals surface area contributed by atoms with E-state index in [1.165, 1.54) is 0 Å². The number of rotatable bonds is 4. The molecule has 20 heavy (non-hydrogen) atoms. The van der Waals surface area contributed by atoms with Crippen LogP contribution >= 0.6 is 23.2 Å². The topological polar surface area (TPSA) is 32.7 Å². The van der Waals surface area contributed by atoms with Crippen molar-refractivity contribution in [3.8, 4) is 5.75 Å². The first-order chi connectivity index (χ1) is 9.48. The molecule has 1 unspecified atom stereocenters. The monoisotopic (exact) mass is 317 g/mol. The number of aliphatic hydroxyl groups is 1. The number of nitrogens with zero attached hydrogens (tertiary/aromatic N) is 1. The number of benzene rings is 1. The van der Waals surface area contributed by atoms with Crippen molar-refractivity contribution in [1.29, 1.82) is 0 Å². The molecule has 1 aliphatic rings. The van der Waals surface area contributed by atoms with E-state index in [2.05, 4.69) is 4.90 Å². The minimum absolute atomic E-state index is 0.526. The van der Waals surface area contributed by atoms with Crippen LogP contribution in [0.2, 0.25) is 10.0 Å². The lowest BCUT2D eigenvalue weighted by molar-refractivity contribution is 0.0442. The summed E-state index contributed by atoms with van der Waals surface area (Å²) < 4.78 is 5.70. The molecule has 1 aliphatic heterocycles. The van der Waals surface area contributed by atoms with Crippen LogP contribution in [0.4, 0.5) is 0 Å². The fourth-order valence-corrected chi connectivity index (χ4v) is 2.95. The molecule has 1 heterocycles. The second-order valence-corrected chi connectivity index (χ2v) is 6.41. The van der Waals surface area contributed by atoms with Crippen LogP contribution in [0.1, 0.15) is 26.2 Å². The molecule has 1 atom stereocenters. The molecule has 1 aromatic carbocycles. The van der Waals surface area contributed by atoms with Gasteiger partial charge < -0.3 is 9.84 Å². The van der Waals surface area contributed by atoms with Gasteiger partial charge in [-0.2, -0.15) is 0 Å². The maximum atomic E-state index is 10.1. The molecule has 5 heteroatoms. The van der Waals surface area contributed by atoms with Crippen LogP contribution in [0.3, 0.4) is 0 Å². The van der Waals surface area contributed by atoms with Crippen LogP contribution in [-0.4, -0.2) is 41.8 Å². The van der Waals surface area contributed by atoms with Crippen molar-refractivity contribution in [3.05, 3.63) is 28.2 Å². The first kappa shape index (κ1) is 15.9.